The van der Waals surface area contributed by atoms with E-state index in [9.17, 15) is 14.6 Å². The molecule has 4 nitrogen and oxygen atoms in total. The van der Waals surface area contributed by atoms with Crippen LogP contribution in [0.25, 0.3) is 0 Å². The maximum absolute atomic E-state index is 13.6. The summed E-state index contributed by atoms with van der Waals surface area (Å²) in [5.41, 5.74) is 6.57. The smallest absolute Gasteiger partial charge is 0.127 e. The Morgan fingerprint density at radius 3 is 2.56 bits per heavy atom. The molecule has 0 amide bonds. The van der Waals surface area contributed by atoms with Gasteiger partial charge in [0.2, 0.25) is 0 Å². The topological polar surface area (TPSA) is 69.7 Å². The van der Waals surface area contributed by atoms with Crippen molar-refractivity contribution in [3.8, 4) is 0 Å². The number of hydrogen-bond acceptors (Lipinski definition) is 4. The fourth-order valence-electron chi connectivity index (χ4n) is 2.07. The summed E-state index contributed by atoms with van der Waals surface area (Å²) in [6, 6.07) is 4.47. The predicted molar refractivity (Wildman–Crippen MR) is 69.6 cm³/mol. The molecular formula is C12H15FN2O2S. The van der Waals surface area contributed by atoms with Crippen LogP contribution in [0, 0.1) is 5.82 Å². The Morgan fingerprint density at radius 1 is 1.39 bits per heavy atom. The highest BCUT2D eigenvalue weighted by Crippen LogP contribution is 2.17. The Hall–Kier alpha value is -1.08. The number of likely N-dealkylation sites (tertiary alicyclic amines) is 1. The Labute approximate surface area is 110 Å². The van der Waals surface area contributed by atoms with Crippen LogP contribution in [0.15, 0.2) is 18.2 Å². The van der Waals surface area contributed by atoms with Gasteiger partial charge in [0.25, 0.3) is 0 Å². The third-order valence-corrected chi connectivity index (χ3v) is 3.29. The van der Waals surface area contributed by atoms with Crippen LogP contribution in [0.3, 0.4) is 0 Å². The molecule has 0 bridgehead atoms. The normalized spacial score (nSPS) is 24.4. The minimum absolute atomic E-state index is 0.220. The summed E-state index contributed by atoms with van der Waals surface area (Å²) in [6.45, 7) is 0.978. The van der Waals surface area contributed by atoms with Crippen LogP contribution in [0.2, 0.25) is 0 Å². The van der Waals surface area contributed by atoms with Gasteiger partial charge in [-0.2, -0.15) is 0 Å². The molecule has 6 heteroatoms. The Kier molecular flexibility index (Phi) is 3.91. The van der Waals surface area contributed by atoms with Crippen LogP contribution in [0.5, 0.6) is 0 Å². The number of β-amino-alcohol motifs (C(OH)–C–C–N with tert-alkyl or cyclic N) is 2. The first-order chi connectivity index (χ1) is 8.47. The molecule has 2 atom stereocenters. The first-order valence-corrected chi connectivity index (χ1v) is 6.05. The van der Waals surface area contributed by atoms with Crippen molar-refractivity contribution < 1.29 is 14.6 Å². The lowest BCUT2D eigenvalue weighted by Crippen LogP contribution is -2.22. The van der Waals surface area contributed by atoms with E-state index in [0.717, 1.165) is 0 Å². The molecule has 4 N–H and O–H groups in total. The lowest BCUT2D eigenvalue weighted by atomic mass is 10.1. The SMILES string of the molecule is NC(=S)c1ccc(F)c(CN2CC(O)C(O)C2)c1. The molecular weight excluding hydrogens is 255 g/mol. The fraction of sp³-hybridized carbons (Fsp3) is 0.417. The minimum Gasteiger partial charge on any atom is -0.389 e. The number of halogens is 1. The first kappa shape index (κ1) is 13.4. The molecule has 1 aliphatic heterocycles. The van der Waals surface area contributed by atoms with Crippen LogP contribution in [0.1, 0.15) is 11.1 Å². The summed E-state index contributed by atoms with van der Waals surface area (Å²) in [4.78, 5) is 2.01. The predicted octanol–water partition coefficient (Wildman–Crippen LogP) is -0.00270. The zero-order chi connectivity index (χ0) is 13.3. The van der Waals surface area contributed by atoms with Gasteiger partial charge in [0.1, 0.15) is 10.8 Å². The average molecular weight is 270 g/mol. The lowest BCUT2D eigenvalue weighted by Gasteiger charge is -2.15. The molecule has 0 saturated carbocycles. The number of rotatable bonds is 3. The van der Waals surface area contributed by atoms with Gasteiger partial charge >= 0.3 is 0 Å². The van der Waals surface area contributed by atoms with Gasteiger partial charge in [-0.25, -0.2) is 4.39 Å². The van der Waals surface area contributed by atoms with Gasteiger partial charge in [-0.05, 0) is 18.2 Å². The second-order valence-corrected chi connectivity index (χ2v) is 4.94. The van der Waals surface area contributed by atoms with Crippen molar-refractivity contribution in [3.63, 3.8) is 0 Å². The van der Waals surface area contributed by atoms with E-state index in [1.54, 1.807) is 11.0 Å². The maximum Gasteiger partial charge on any atom is 0.127 e. The van der Waals surface area contributed by atoms with Crippen molar-refractivity contribution in [2.24, 2.45) is 5.73 Å². The van der Waals surface area contributed by atoms with Crippen LogP contribution in [0.4, 0.5) is 4.39 Å². The van der Waals surface area contributed by atoms with Crippen molar-refractivity contribution in [2.45, 2.75) is 18.8 Å². The van der Waals surface area contributed by atoms with Crippen LogP contribution >= 0.6 is 12.2 Å². The Balaban J connectivity index is 2.14. The minimum atomic E-state index is -0.771. The van der Waals surface area contributed by atoms with Crippen LogP contribution in [-0.2, 0) is 6.54 Å². The van der Waals surface area contributed by atoms with Crippen molar-refractivity contribution in [3.05, 3.63) is 35.1 Å². The van der Waals surface area contributed by atoms with Crippen molar-refractivity contribution in [2.75, 3.05) is 13.1 Å². The molecule has 1 aromatic carbocycles. The van der Waals surface area contributed by atoms with Crippen LogP contribution < -0.4 is 5.73 Å². The average Bonchev–Trinajstić information content (AvgIpc) is 2.61. The fourth-order valence-corrected chi connectivity index (χ4v) is 2.19. The summed E-state index contributed by atoms with van der Waals surface area (Å²) in [7, 11) is 0. The molecule has 18 heavy (non-hydrogen) atoms. The zero-order valence-corrected chi connectivity index (χ0v) is 10.5. The number of nitrogens with zero attached hydrogens (tertiary/aromatic N) is 1. The largest absolute Gasteiger partial charge is 0.389 e. The molecule has 0 aromatic heterocycles. The van der Waals surface area contributed by atoms with Crippen LogP contribution in [-0.4, -0.2) is 45.4 Å². The third kappa shape index (κ3) is 2.84. The number of aliphatic hydroxyl groups excluding tert-OH is 2. The molecule has 98 valence electrons. The van der Waals surface area contributed by atoms with Gasteiger partial charge in [0.15, 0.2) is 0 Å². The van der Waals surface area contributed by atoms with Gasteiger partial charge in [0.05, 0.1) is 12.2 Å². The van der Waals surface area contributed by atoms with E-state index in [0.29, 0.717) is 30.8 Å². The number of thiocarbonyl (C=S) groups is 1. The highest BCUT2D eigenvalue weighted by atomic mass is 32.1. The third-order valence-electron chi connectivity index (χ3n) is 3.06. The summed E-state index contributed by atoms with van der Waals surface area (Å²) >= 11 is 4.85. The van der Waals surface area contributed by atoms with E-state index in [-0.39, 0.29) is 10.8 Å². The molecule has 2 rings (SSSR count). The Bertz CT molecular complexity index is 459. The molecule has 1 aliphatic rings. The van der Waals surface area contributed by atoms with E-state index in [1.807, 2.05) is 0 Å². The molecule has 1 saturated heterocycles. The lowest BCUT2D eigenvalue weighted by molar-refractivity contribution is 0.0572. The second-order valence-electron chi connectivity index (χ2n) is 4.50. The van der Waals surface area contributed by atoms with E-state index < -0.39 is 12.2 Å². The summed E-state index contributed by atoms with van der Waals surface area (Å²) in [5.74, 6) is -0.342. The van der Waals surface area contributed by atoms with E-state index in [1.165, 1.54) is 12.1 Å². The van der Waals surface area contributed by atoms with Gasteiger partial charge in [-0.3, -0.25) is 4.90 Å². The van der Waals surface area contributed by atoms with Gasteiger partial charge in [0, 0.05) is 30.8 Å². The van der Waals surface area contributed by atoms with Gasteiger partial charge in [-0.1, -0.05) is 12.2 Å². The van der Waals surface area contributed by atoms with Crippen molar-refractivity contribution in [1.29, 1.82) is 0 Å². The molecule has 2 unspecified atom stereocenters. The number of hydrogen-bond donors (Lipinski definition) is 3. The summed E-state index contributed by atoms with van der Waals surface area (Å²) in [5, 5.41) is 18.9. The summed E-state index contributed by atoms with van der Waals surface area (Å²) in [6.07, 6.45) is -1.54. The first-order valence-electron chi connectivity index (χ1n) is 5.64. The van der Waals surface area contributed by atoms with Gasteiger partial charge in [-0.15, -0.1) is 0 Å². The molecule has 0 spiro atoms. The van der Waals surface area contributed by atoms with E-state index in [2.05, 4.69) is 0 Å². The molecule has 0 radical (unpaired) electrons. The highest BCUT2D eigenvalue weighted by Gasteiger charge is 2.29. The molecule has 0 aliphatic carbocycles. The van der Waals surface area contributed by atoms with Gasteiger partial charge < -0.3 is 15.9 Å². The zero-order valence-electron chi connectivity index (χ0n) is 9.71. The monoisotopic (exact) mass is 270 g/mol. The van der Waals surface area contributed by atoms with E-state index in [4.69, 9.17) is 18.0 Å². The quantitative estimate of drug-likeness (QED) is 0.674. The van der Waals surface area contributed by atoms with Crippen molar-refractivity contribution in [1.82, 2.24) is 4.90 Å². The standard InChI is InChI=1S/C12H15FN2O2S/c13-9-2-1-7(12(14)18)3-8(9)4-15-5-10(16)11(17)6-15/h1-3,10-11,16-17H,4-6H2,(H2,14,18). The van der Waals surface area contributed by atoms with E-state index >= 15 is 0 Å². The Morgan fingerprint density at radius 2 is 2.00 bits per heavy atom. The molecule has 1 aromatic rings. The number of aliphatic hydroxyl groups is 2. The highest BCUT2D eigenvalue weighted by molar-refractivity contribution is 7.80. The maximum atomic E-state index is 13.6. The number of benzene rings is 1. The summed E-state index contributed by atoms with van der Waals surface area (Å²) < 4.78 is 13.6. The number of nitrogens with two attached hydrogens (primary N) is 1. The molecule has 1 fully saturated rings. The molecule has 1 heterocycles. The second kappa shape index (κ2) is 5.27. The van der Waals surface area contributed by atoms with Crippen molar-refractivity contribution >= 4 is 17.2 Å².